The maximum atomic E-state index is 13.1. The Labute approximate surface area is 184 Å². The maximum absolute atomic E-state index is 13.1. The van der Waals surface area contributed by atoms with E-state index in [0.717, 1.165) is 34.8 Å². The number of Topliss-reactive ketones (excluding diaryl/α,β-unsaturated/α-hetero) is 1. The number of ketones is 1. The Morgan fingerprint density at radius 1 is 1.32 bits per heavy atom. The highest BCUT2D eigenvalue weighted by Gasteiger charge is 2.38. The van der Waals surface area contributed by atoms with Gasteiger partial charge >= 0.3 is 0 Å². The first-order chi connectivity index (χ1) is 15.0. The Morgan fingerprint density at radius 3 is 2.94 bits per heavy atom. The highest BCUT2D eigenvalue weighted by molar-refractivity contribution is 6.31. The number of halogens is 1. The number of phenolic OH excluding ortho intramolecular Hbond substituents is 1. The highest BCUT2D eigenvalue weighted by Crippen LogP contribution is 2.48. The van der Waals surface area contributed by atoms with Gasteiger partial charge in [0.25, 0.3) is 0 Å². The van der Waals surface area contributed by atoms with E-state index in [2.05, 4.69) is 11.4 Å². The molecule has 3 aliphatic heterocycles. The number of nitrogens with one attached hydrogen (secondary N) is 1. The van der Waals surface area contributed by atoms with E-state index in [1.807, 2.05) is 23.1 Å². The fourth-order valence-corrected chi connectivity index (χ4v) is 4.60. The number of allylic oxidation sites excluding steroid dienone is 4. The summed E-state index contributed by atoms with van der Waals surface area (Å²) in [5.74, 6) is 0.400. The van der Waals surface area contributed by atoms with Gasteiger partial charge in [-0.05, 0) is 54.5 Å². The average Bonchev–Trinajstić information content (AvgIpc) is 3.17. The lowest BCUT2D eigenvalue weighted by molar-refractivity contribution is 0.103. The molecule has 0 saturated carbocycles. The topological polar surface area (TPSA) is 85.6 Å². The monoisotopic (exact) mass is 431 g/mol. The number of phenols is 1. The summed E-state index contributed by atoms with van der Waals surface area (Å²) in [7, 11) is 1.64. The van der Waals surface area contributed by atoms with Crippen LogP contribution >= 0.6 is 11.6 Å². The predicted octanol–water partition coefficient (Wildman–Crippen LogP) is 4.71. The number of aromatic hydroxyl groups is 1. The Bertz CT molecular complexity index is 1270. The summed E-state index contributed by atoms with van der Waals surface area (Å²) < 4.78 is 5.37. The van der Waals surface area contributed by atoms with Crippen LogP contribution in [0.5, 0.6) is 11.5 Å². The molecule has 0 bridgehead atoms. The molecule has 31 heavy (non-hydrogen) atoms. The first kappa shape index (κ1) is 19.3. The fraction of sp³-hybridized carbons (Fsp3) is 0.167. The predicted molar refractivity (Wildman–Crippen MR) is 117 cm³/mol. The van der Waals surface area contributed by atoms with E-state index in [9.17, 15) is 15.2 Å². The molecular formula is C24H18ClN3O3. The molecule has 0 radical (unpaired) electrons. The Kier molecular flexibility index (Phi) is 4.49. The molecule has 5 rings (SSSR count). The molecule has 2 aromatic carbocycles. The Morgan fingerprint density at radius 2 is 2.16 bits per heavy atom. The summed E-state index contributed by atoms with van der Waals surface area (Å²) in [5.41, 5.74) is 4.72. The lowest BCUT2D eigenvalue weighted by Crippen LogP contribution is -2.32. The van der Waals surface area contributed by atoms with E-state index in [0.29, 0.717) is 22.7 Å². The standard InChI is InChI=1S/C24H18ClN3O3/c1-31-16-3-4-20-18(10-16)17-6-7-28-12-14(8-13(11-26)23(28)22(17)27-20)24(30)19-9-15(25)2-5-21(19)29/h2-5,8-10,12,17,27,29H,6-7H2,1H3. The molecule has 3 aliphatic rings. The molecule has 0 amide bonds. The molecule has 154 valence electrons. The lowest BCUT2D eigenvalue weighted by atomic mass is 9.87. The third-order valence-electron chi connectivity index (χ3n) is 5.89. The summed E-state index contributed by atoms with van der Waals surface area (Å²) >= 11 is 6.01. The summed E-state index contributed by atoms with van der Waals surface area (Å²) in [6.45, 7) is 0.652. The van der Waals surface area contributed by atoms with Crippen molar-refractivity contribution in [2.75, 3.05) is 19.0 Å². The zero-order chi connectivity index (χ0) is 21.7. The quantitative estimate of drug-likeness (QED) is 0.684. The van der Waals surface area contributed by atoms with Gasteiger partial charge in [-0.15, -0.1) is 0 Å². The van der Waals surface area contributed by atoms with Crippen LogP contribution in [0.3, 0.4) is 0 Å². The smallest absolute Gasteiger partial charge is 0.198 e. The van der Waals surface area contributed by atoms with E-state index in [1.54, 1.807) is 19.4 Å². The summed E-state index contributed by atoms with van der Waals surface area (Å²) in [5, 5.41) is 23.8. The largest absolute Gasteiger partial charge is 0.507 e. The minimum atomic E-state index is -0.383. The number of nitrogens with zero attached hydrogens (tertiary/aromatic N) is 2. The van der Waals surface area contributed by atoms with Crippen LogP contribution in [0.2, 0.25) is 5.02 Å². The number of carbonyl (C=O) groups excluding carboxylic acids is 1. The number of rotatable bonds is 3. The van der Waals surface area contributed by atoms with Crippen molar-refractivity contribution in [3.05, 3.63) is 87.4 Å². The van der Waals surface area contributed by atoms with Gasteiger partial charge in [0.1, 0.15) is 17.6 Å². The van der Waals surface area contributed by atoms with Crippen molar-refractivity contribution in [1.29, 1.82) is 5.26 Å². The van der Waals surface area contributed by atoms with Crippen LogP contribution in [0.25, 0.3) is 0 Å². The zero-order valence-corrected chi connectivity index (χ0v) is 17.4. The van der Waals surface area contributed by atoms with Crippen LogP contribution in [0.4, 0.5) is 5.69 Å². The summed E-state index contributed by atoms with van der Waals surface area (Å²) in [6.07, 6.45) is 4.15. The zero-order valence-electron chi connectivity index (χ0n) is 16.6. The number of ether oxygens (including phenoxy) is 1. The molecule has 0 saturated heterocycles. The number of anilines is 1. The number of carbonyl (C=O) groups is 1. The first-order valence-electron chi connectivity index (χ1n) is 9.83. The average molecular weight is 432 g/mol. The molecule has 6 nitrogen and oxygen atoms in total. The number of hydrogen-bond donors (Lipinski definition) is 2. The highest BCUT2D eigenvalue weighted by atomic mass is 35.5. The molecule has 0 aromatic heterocycles. The molecule has 2 aromatic rings. The minimum absolute atomic E-state index is 0.108. The van der Waals surface area contributed by atoms with E-state index in [1.165, 1.54) is 18.2 Å². The van der Waals surface area contributed by atoms with Gasteiger partial charge < -0.3 is 20.1 Å². The van der Waals surface area contributed by atoms with Crippen molar-refractivity contribution in [3.8, 4) is 17.6 Å². The van der Waals surface area contributed by atoms with Gasteiger partial charge in [-0.2, -0.15) is 5.26 Å². The summed E-state index contributed by atoms with van der Waals surface area (Å²) in [6, 6.07) is 12.5. The fourth-order valence-electron chi connectivity index (χ4n) is 4.43. The van der Waals surface area contributed by atoms with Gasteiger partial charge in [0.05, 0.1) is 23.9 Å². The number of fused-ring (bicyclic) bond motifs is 4. The third-order valence-corrected chi connectivity index (χ3v) is 6.12. The van der Waals surface area contributed by atoms with E-state index in [-0.39, 0.29) is 23.0 Å². The van der Waals surface area contributed by atoms with Gasteiger partial charge in [0.2, 0.25) is 0 Å². The molecule has 0 fully saturated rings. The van der Waals surface area contributed by atoms with Crippen LogP contribution in [0.1, 0.15) is 28.3 Å². The minimum Gasteiger partial charge on any atom is -0.507 e. The SMILES string of the molecule is COc1ccc2c(c1)C1CCN3C=C(C(=O)c4cc(Cl)ccc4O)C=C(C#N)C3=C1N2. The molecule has 1 unspecified atom stereocenters. The molecule has 7 heteroatoms. The van der Waals surface area contributed by atoms with Gasteiger partial charge in [-0.25, -0.2) is 0 Å². The van der Waals surface area contributed by atoms with Crippen LogP contribution in [-0.2, 0) is 0 Å². The second-order valence-corrected chi connectivity index (χ2v) is 8.06. The molecule has 2 N–H and O–H groups in total. The molecule has 1 atom stereocenters. The van der Waals surface area contributed by atoms with Crippen molar-refractivity contribution in [2.45, 2.75) is 12.3 Å². The number of benzene rings is 2. The number of methoxy groups -OCH3 is 1. The maximum Gasteiger partial charge on any atom is 0.198 e. The molecule has 0 aliphatic carbocycles. The second kappa shape index (κ2) is 7.22. The van der Waals surface area contributed by atoms with Crippen molar-refractivity contribution in [1.82, 2.24) is 4.90 Å². The van der Waals surface area contributed by atoms with Crippen molar-refractivity contribution in [2.24, 2.45) is 0 Å². The number of nitriles is 1. The van der Waals surface area contributed by atoms with Gasteiger partial charge in [-0.1, -0.05) is 11.6 Å². The second-order valence-electron chi connectivity index (χ2n) is 7.62. The van der Waals surface area contributed by atoms with Crippen molar-refractivity contribution in [3.63, 3.8) is 0 Å². The van der Waals surface area contributed by atoms with Gasteiger partial charge in [0.15, 0.2) is 5.78 Å². The van der Waals surface area contributed by atoms with Gasteiger partial charge in [0, 0.05) is 40.6 Å². The molecule has 3 heterocycles. The first-order valence-corrected chi connectivity index (χ1v) is 10.2. The summed E-state index contributed by atoms with van der Waals surface area (Å²) in [4.78, 5) is 15.0. The van der Waals surface area contributed by atoms with E-state index < -0.39 is 0 Å². The number of hydrogen-bond acceptors (Lipinski definition) is 6. The van der Waals surface area contributed by atoms with Crippen LogP contribution in [0, 0.1) is 11.3 Å². The third kappa shape index (κ3) is 3.06. The Balaban J connectivity index is 1.56. The van der Waals surface area contributed by atoms with E-state index >= 15 is 0 Å². The molecule has 0 spiro atoms. The lowest BCUT2D eigenvalue weighted by Gasteiger charge is -2.35. The van der Waals surface area contributed by atoms with Crippen molar-refractivity contribution >= 4 is 23.1 Å². The van der Waals surface area contributed by atoms with Gasteiger partial charge in [-0.3, -0.25) is 4.79 Å². The van der Waals surface area contributed by atoms with Crippen molar-refractivity contribution < 1.29 is 14.6 Å². The normalized spacial score (nSPS) is 18.7. The van der Waals surface area contributed by atoms with Crippen LogP contribution in [0.15, 0.2) is 71.2 Å². The van der Waals surface area contributed by atoms with Crippen LogP contribution < -0.4 is 10.1 Å². The van der Waals surface area contributed by atoms with Crippen LogP contribution in [-0.4, -0.2) is 29.4 Å². The molecular weight excluding hydrogens is 414 g/mol. The van der Waals surface area contributed by atoms with E-state index in [4.69, 9.17) is 16.3 Å². The Hall–Kier alpha value is -3.69.